The van der Waals surface area contributed by atoms with Crippen molar-refractivity contribution in [3.8, 4) is 0 Å². The molecule has 2 aliphatic rings. The molecule has 1 saturated heterocycles. The van der Waals surface area contributed by atoms with Crippen LogP contribution in [0, 0.1) is 0 Å². The summed E-state index contributed by atoms with van der Waals surface area (Å²) in [7, 11) is 0. The quantitative estimate of drug-likeness (QED) is 0.761. The number of carbonyl (C=O) groups excluding carboxylic acids is 3. The summed E-state index contributed by atoms with van der Waals surface area (Å²) in [4.78, 5) is 44.7. The van der Waals surface area contributed by atoms with E-state index < -0.39 is 0 Å². The van der Waals surface area contributed by atoms with Crippen molar-refractivity contribution in [3.63, 3.8) is 0 Å². The van der Waals surface area contributed by atoms with Gasteiger partial charge in [-0.05, 0) is 42.3 Å². The molecule has 0 aliphatic carbocycles. The first-order valence-corrected chi connectivity index (χ1v) is 8.48. The van der Waals surface area contributed by atoms with Crippen molar-refractivity contribution in [2.24, 2.45) is 5.73 Å². The molecule has 2 aliphatic heterocycles. The topological polar surface area (TPSA) is 96.6 Å². The van der Waals surface area contributed by atoms with Crippen LogP contribution in [0.1, 0.15) is 43.1 Å². The van der Waals surface area contributed by atoms with Crippen LogP contribution in [0.3, 0.4) is 0 Å². The first-order chi connectivity index (χ1) is 12.5. The zero-order chi connectivity index (χ0) is 18.3. The molecule has 1 aromatic heterocycles. The monoisotopic (exact) mass is 422 g/mol. The Balaban J connectivity index is 0.00000140. The average Bonchev–Trinajstić information content (AvgIpc) is 3.19. The third-order valence-electron chi connectivity index (χ3n) is 4.82. The van der Waals surface area contributed by atoms with Gasteiger partial charge in [-0.3, -0.25) is 24.3 Å². The second-order valence-electron chi connectivity index (χ2n) is 6.61. The van der Waals surface area contributed by atoms with Crippen LogP contribution < -0.4 is 5.73 Å². The predicted octanol–water partition coefficient (Wildman–Crippen LogP) is 1.89. The maximum Gasteiger partial charge on any atom is 0.261 e. The molecule has 0 radical (unpaired) electrons. The second kappa shape index (κ2) is 8.68. The van der Waals surface area contributed by atoms with E-state index in [0.29, 0.717) is 24.2 Å². The number of nitrogens with zero attached hydrogens (tertiary/aromatic N) is 3. The Morgan fingerprint density at radius 1 is 1.07 bits per heavy atom. The molecule has 0 saturated carbocycles. The number of nitrogens with two attached hydrogens (primary N) is 1. The van der Waals surface area contributed by atoms with Crippen molar-refractivity contribution in [3.05, 3.63) is 65.0 Å². The number of amides is 3. The third kappa shape index (κ3) is 3.87. The number of hydrogen-bond donors (Lipinski definition) is 1. The number of imide groups is 1. The first-order valence-electron chi connectivity index (χ1n) is 8.48. The first kappa shape index (κ1) is 21.8. The summed E-state index contributed by atoms with van der Waals surface area (Å²) in [6.07, 6.45) is 4.00. The van der Waals surface area contributed by atoms with Crippen molar-refractivity contribution < 1.29 is 14.4 Å². The van der Waals surface area contributed by atoms with Crippen LogP contribution in [0.15, 0.2) is 42.7 Å². The normalized spacial score (nSPS) is 17.8. The Bertz CT molecular complexity index is 907. The number of hydrogen-bond acceptors (Lipinski definition) is 5. The standard InChI is InChI=1S/C19H18N4O3.2ClH/c20-14-5-8-22(11-14)17(24)13-1-2-15-16(9-13)19(26)23(18(15)25)10-12-3-6-21-7-4-12;;/h1-4,6-7,9,14H,5,8,10-11,20H2;2*1H/t14-;;/m1../s1. The fourth-order valence-corrected chi connectivity index (χ4v) is 3.39. The summed E-state index contributed by atoms with van der Waals surface area (Å²) in [5.74, 6) is -0.882. The van der Waals surface area contributed by atoms with Crippen molar-refractivity contribution in [1.29, 1.82) is 0 Å². The molecule has 148 valence electrons. The van der Waals surface area contributed by atoms with Gasteiger partial charge in [0.1, 0.15) is 0 Å². The molecule has 28 heavy (non-hydrogen) atoms. The molecular formula is C19H20Cl2N4O3. The van der Waals surface area contributed by atoms with Crippen LogP contribution in [0.2, 0.25) is 0 Å². The van der Waals surface area contributed by atoms with Crippen LogP contribution >= 0.6 is 24.8 Å². The number of halogens is 2. The maximum atomic E-state index is 12.7. The number of pyridine rings is 1. The SMILES string of the molecule is Cl.Cl.N[C@@H]1CCN(C(=O)c2ccc3c(c2)C(=O)N(Cc2ccncc2)C3=O)C1. The van der Waals surface area contributed by atoms with Gasteiger partial charge in [0.25, 0.3) is 17.7 Å². The number of benzene rings is 1. The Labute approximate surface area is 174 Å². The minimum absolute atomic E-state index is 0. The highest BCUT2D eigenvalue weighted by Gasteiger charge is 2.36. The molecule has 9 heteroatoms. The fraction of sp³-hybridized carbons (Fsp3) is 0.263. The van der Waals surface area contributed by atoms with E-state index in [-0.39, 0.29) is 60.7 Å². The van der Waals surface area contributed by atoms with Gasteiger partial charge >= 0.3 is 0 Å². The Hall–Kier alpha value is -2.48. The van der Waals surface area contributed by atoms with Crippen molar-refractivity contribution in [2.75, 3.05) is 13.1 Å². The van der Waals surface area contributed by atoms with Gasteiger partial charge in [0.2, 0.25) is 0 Å². The van der Waals surface area contributed by atoms with E-state index in [9.17, 15) is 14.4 Å². The van der Waals surface area contributed by atoms with E-state index in [1.807, 2.05) is 0 Å². The van der Waals surface area contributed by atoms with Crippen molar-refractivity contribution >= 4 is 42.5 Å². The summed E-state index contributed by atoms with van der Waals surface area (Å²) in [5.41, 5.74) is 7.69. The van der Waals surface area contributed by atoms with Crippen LogP contribution in [0.4, 0.5) is 0 Å². The van der Waals surface area contributed by atoms with E-state index in [1.54, 1.807) is 41.6 Å². The van der Waals surface area contributed by atoms with Gasteiger partial charge in [-0.25, -0.2) is 0 Å². The minimum atomic E-state index is -0.380. The molecule has 0 unspecified atom stereocenters. The predicted molar refractivity (Wildman–Crippen MR) is 108 cm³/mol. The molecule has 0 bridgehead atoms. The largest absolute Gasteiger partial charge is 0.337 e. The van der Waals surface area contributed by atoms with E-state index in [2.05, 4.69) is 4.98 Å². The van der Waals surface area contributed by atoms with E-state index in [0.717, 1.165) is 12.0 Å². The molecule has 3 amide bonds. The summed E-state index contributed by atoms with van der Waals surface area (Å²) < 4.78 is 0. The van der Waals surface area contributed by atoms with Crippen LogP contribution in [-0.4, -0.2) is 51.6 Å². The number of likely N-dealkylation sites (tertiary alicyclic amines) is 1. The molecule has 0 spiro atoms. The van der Waals surface area contributed by atoms with Gasteiger partial charge in [-0.2, -0.15) is 0 Å². The molecule has 2 aromatic rings. The number of rotatable bonds is 3. The Kier molecular flexibility index (Phi) is 6.77. The smallest absolute Gasteiger partial charge is 0.261 e. The number of aromatic nitrogens is 1. The van der Waals surface area contributed by atoms with Gasteiger partial charge in [0.05, 0.1) is 17.7 Å². The summed E-state index contributed by atoms with van der Waals surface area (Å²) in [6, 6.07) is 8.20. The molecule has 1 atom stereocenters. The van der Waals surface area contributed by atoms with Gasteiger partial charge < -0.3 is 10.6 Å². The zero-order valence-corrected chi connectivity index (χ0v) is 16.5. The minimum Gasteiger partial charge on any atom is -0.337 e. The molecular weight excluding hydrogens is 403 g/mol. The second-order valence-corrected chi connectivity index (χ2v) is 6.61. The van der Waals surface area contributed by atoms with Gasteiger partial charge in [0.15, 0.2) is 0 Å². The lowest BCUT2D eigenvalue weighted by atomic mass is 10.0. The molecule has 1 aromatic carbocycles. The lowest BCUT2D eigenvalue weighted by Gasteiger charge is -2.16. The van der Waals surface area contributed by atoms with Crippen LogP contribution in [0.25, 0.3) is 0 Å². The highest BCUT2D eigenvalue weighted by Crippen LogP contribution is 2.26. The molecule has 3 heterocycles. The number of fused-ring (bicyclic) bond motifs is 1. The summed E-state index contributed by atoms with van der Waals surface area (Å²) in [6.45, 7) is 1.30. The highest BCUT2D eigenvalue weighted by atomic mass is 35.5. The van der Waals surface area contributed by atoms with Gasteiger partial charge in [-0.1, -0.05) is 0 Å². The lowest BCUT2D eigenvalue weighted by molar-refractivity contribution is 0.0642. The average molecular weight is 423 g/mol. The maximum absolute atomic E-state index is 12.7. The van der Waals surface area contributed by atoms with Crippen molar-refractivity contribution in [2.45, 2.75) is 19.0 Å². The third-order valence-corrected chi connectivity index (χ3v) is 4.82. The lowest BCUT2D eigenvalue weighted by Crippen LogP contribution is -2.32. The molecule has 1 fully saturated rings. The molecule has 4 rings (SSSR count). The van der Waals surface area contributed by atoms with E-state index in [4.69, 9.17) is 5.73 Å². The van der Waals surface area contributed by atoms with E-state index in [1.165, 1.54) is 11.0 Å². The van der Waals surface area contributed by atoms with E-state index >= 15 is 0 Å². The van der Waals surface area contributed by atoms with Gasteiger partial charge in [0, 0.05) is 37.1 Å². The Morgan fingerprint density at radius 3 is 2.39 bits per heavy atom. The molecule has 7 nitrogen and oxygen atoms in total. The summed E-state index contributed by atoms with van der Waals surface area (Å²) >= 11 is 0. The molecule has 2 N–H and O–H groups in total. The van der Waals surface area contributed by atoms with Gasteiger partial charge in [-0.15, -0.1) is 24.8 Å². The number of carbonyl (C=O) groups is 3. The highest BCUT2D eigenvalue weighted by molar-refractivity contribution is 6.22. The Morgan fingerprint density at radius 2 is 1.75 bits per heavy atom. The van der Waals surface area contributed by atoms with Crippen LogP contribution in [-0.2, 0) is 6.54 Å². The zero-order valence-electron chi connectivity index (χ0n) is 14.9. The summed E-state index contributed by atoms with van der Waals surface area (Å²) in [5, 5.41) is 0. The fourth-order valence-electron chi connectivity index (χ4n) is 3.39. The van der Waals surface area contributed by atoms with Crippen LogP contribution in [0.5, 0.6) is 0 Å². The van der Waals surface area contributed by atoms with Crippen molar-refractivity contribution in [1.82, 2.24) is 14.8 Å².